The van der Waals surface area contributed by atoms with E-state index in [4.69, 9.17) is 5.73 Å². The Morgan fingerprint density at radius 1 is 1.60 bits per heavy atom. The Morgan fingerprint density at radius 2 is 2.20 bits per heavy atom. The first-order chi connectivity index (χ1) is 4.76. The highest BCUT2D eigenvalue weighted by Crippen LogP contribution is 2.09. The van der Waals surface area contributed by atoms with Crippen LogP contribution in [0.3, 0.4) is 0 Å². The van der Waals surface area contributed by atoms with Gasteiger partial charge in [-0.15, -0.1) is 0 Å². The molecule has 0 rings (SSSR count). The van der Waals surface area contributed by atoms with Crippen molar-refractivity contribution in [3.05, 3.63) is 36.5 Å². The lowest BCUT2D eigenvalue weighted by molar-refractivity contribution is 1.05. The van der Waals surface area contributed by atoms with Gasteiger partial charge in [-0.05, 0) is 12.0 Å². The fourth-order valence-electron chi connectivity index (χ4n) is 0.700. The van der Waals surface area contributed by atoms with Gasteiger partial charge in [0.15, 0.2) is 0 Å². The molecular formula is C9H15N. The molecular weight excluding hydrogens is 122 g/mol. The van der Waals surface area contributed by atoms with Gasteiger partial charge in [-0.3, -0.25) is 0 Å². The van der Waals surface area contributed by atoms with Gasteiger partial charge in [0, 0.05) is 6.54 Å². The van der Waals surface area contributed by atoms with E-state index in [1.54, 1.807) is 6.08 Å². The molecule has 0 atom stereocenters. The first kappa shape index (κ1) is 9.18. The normalized spacial score (nSPS) is 11.2. The summed E-state index contributed by atoms with van der Waals surface area (Å²) in [5, 5.41) is 0. The second-order valence-corrected chi connectivity index (χ2v) is 2.09. The van der Waals surface area contributed by atoms with Crippen LogP contribution in [-0.2, 0) is 0 Å². The Morgan fingerprint density at radius 3 is 2.50 bits per heavy atom. The predicted molar refractivity (Wildman–Crippen MR) is 46.8 cm³/mol. The van der Waals surface area contributed by atoms with Crippen molar-refractivity contribution >= 4 is 0 Å². The second kappa shape index (κ2) is 5.00. The zero-order valence-electron chi connectivity index (χ0n) is 6.56. The molecule has 0 fully saturated rings. The zero-order valence-corrected chi connectivity index (χ0v) is 6.56. The molecule has 0 aromatic heterocycles. The molecule has 0 aromatic carbocycles. The molecule has 2 N–H and O–H groups in total. The van der Waals surface area contributed by atoms with Crippen molar-refractivity contribution < 1.29 is 0 Å². The highest BCUT2D eigenvalue weighted by atomic mass is 14.5. The topological polar surface area (TPSA) is 26.0 Å². The number of hydrogen-bond donors (Lipinski definition) is 1. The minimum atomic E-state index is 0.554. The molecule has 0 aliphatic carbocycles. The summed E-state index contributed by atoms with van der Waals surface area (Å²) < 4.78 is 0. The number of nitrogens with two attached hydrogens (primary N) is 1. The number of rotatable bonds is 4. The van der Waals surface area contributed by atoms with Crippen molar-refractivity contribution in [2.45, 2.75) is 13.3 Å². The quantitative estimate of drug-likeness (QED) is 0.589. The molecule has 1 nitrogen and oxygen atoms in total. The standard InChI is InChI=1S/C9H15N/c1-4-6-9(7-10)8(3)5-2/h4,6H,1,3,5,7,10H2,2H3/b9-6-. The predicted octanol–water partition coefficient (Wildman–Crippen LogP) is 2.02. The van der Waals surface area contributed by atoms with Gasteiger partial charge in [0.05, 0.1) is 0 Å². The van der Waals surface area contributed by atoms with Gasteiger partial charge in [-0.2, -0.15) is 0 Å². The second-order valence-electron chi connectivity index (χ2n) is 2.09. The smallest absolute Gasteiger partial charge is 0.0180 e. The molecule has 0 saturated carbocycles. The average molecular weight is 137 g/mol. The van der Waals surface area contributed by atoms with Crippen LogP contribution in [0.5, 0.6) is 0 Å². The van der Waals surface area contributed by atoms with Gasteiger partial charge in [-0.1, -0.05) is 37.8 Å². The summed E-state index contributed by atoms with van der Waals surface area (Å²) >= 11 is 0. The van der Waals surface area contributed by atoms with Crippen LogP contribution in [0.2, 0.25) is 0 Å². The third-order valence-corrected chi connectivity index (χ3v) is 1.42. The van der Waals surface area contributed by atoms with E-state index in [0.717, 1.165) is 17.6 Å². The Bertz CT molecular complexity index is 154. The molecule has 0 saturated heterocycles. The summed E-state index contributed by atoms with van der Waals surface area (Å²) in [4.78, 5) is 0. The van der Waals surface area contributed by atoms with Crippen molar-refractivity contribution in [3.63, 3.8) is 0 Å². The van der Waals surface area contributed by atoms with Crippen LogP contribution in [0.15, 0.2) is 36.5 Å². The highest BCUT2D eigenvalue weighted by Gasteiger charge is 1.94. The number of allylic oxidation sites excluding steroid dienone is 2. The molecule has 0 unspecified atom stereocenters. The van der Waals surface area contributed by atoms with E-state index in [-0.39, 0.29) is 0 Å². The van der Waals surface area contributed by atoms with E-state index >= 15 is 0 Å². The number of hydrogen-bond acceptors (Lipinski definition) is 1. The van der Waals surface area contributed by atoms with Crippen LogP contribution in [0.4, 0.5) is 0 Å². The zero-order chi connectivity index (χ0) is 7.98. The van der Waals surface area contributed by atoms with Gasteiger partial charge in [0.1, 0.15) is 0 Å². The van der Waals surface area contributed by atoms with Gasteiger partial charge in [-0.25, -0.2) is 0 Å². The highest BCUT2D eigenvalue weighted by molar-refractivity contribution is 5.31. The van der Waals surface area contributed by atoms with E-state index in [1.807, 2.05) is 6.08 Å². The van der Waals surface area contributed by atoms with Crippen LogP contribution in [-0.4, -0.2) is 6.54 Å². The summed E-state index contributed by atoms with van der Waals surface area (Å²) in [5.41, 5.74) is 7.65. The maximum atomic E-state index is 5.46. The van der Waals surface area contributed by atoms with Crippen LogP contribution in [0.25, 0.3) is 0 Å². The lowest BCUT2D eigenvalue weighted by atomic mass is 10.1. The molecule has 0 radical (unpaired) electrons. The largest absolute Gasteiger partial charge is 0.326 e. The Balaban J connectivity index is 4.19. The average Bonchev–Trinajstić information content (AvgIpc) is 1.99. The lowest BCUT2D eigenvalue weighted by Crippen LogP contribution is -2.04. The summed E-state index contributed by atoms with van der Waals surface area (Å²) in [6.07, 6.45) is 4.60. The Hall–Kier alpha value is -0.820. The fourth-order valence-corrected chi connectivity index (χ4v) is 0.700. The van der Waals surface area contributed by atoms with Crippen LogP contribution in [0.1, 0.15) is 13.3 Å². The third kappa shape index (κ3) is 2.65. The van der Waals surface area contributed by atoms with Crippen molar-refractivity contribution in [1.29, 1.82) is 0 Å². The molecule has 0 spiro atoms. The minimum absolute atomic E-state index is 0.554. The van der Waals surface area contributed by atoms with Crippen molar-refractivity contribution in [3.8, 4) is 0 Å². The van der Waals surface area contributed by atoms with Gasteiger partial charge >= 0.3 is 0 Å². The maximum absolute atomic E-state index is 5.46. The van der Waals surface area contributed by atoms with Gasteiger partial charge in [0.25, 0.3) is 0 Å². The van der Waals surface area contributed by atoms with E-state index in [9.17, 15) is 0 Å². The molecule has 0 aromatic rings. The van der Waals surface area contributed by atoms with E-state index < -0.39 is 0 Å². The van der Waals surface area contributed by atoms with Crippen molar-refractivity contribution in [2.75, 3.05) is 6.54 Å². The van der Waals surface area contributed by atoms with Crippen molar-refractivity contribution in [2.24, 2.45) is 5.73 Å². The van der Waals surface area contributed by atoms with E-state index in [0.29, 0.717) is 6.54 Å². The van der Waals surface area contributed by atoms with Gasteiger partial charge < -0.3 is 5.73 Å². The Kier molecular flexibility index (Phi) is 4.59. The monoisotopic (exact) mass is 137 g/mol. The summed E-state index contributed by atoms with van der Waals surface area (Å²) in [7, 11) is 0. The third-order valence-electron chi connectivity index (χ3n) is 1.42. The minimum Gasteiger partial charge on any atom is -0.326 e. The molecule has 0 bridgehead atoms. The van der Waals surface area contributed by atoms with Crippen LogP contribution < -0.4 is 5.73 Å². The maximum Gasteiger partial charge on any atom is 0.0180 e. The lowest BCUT2D eigenvalue weighted by Gasteiger charge is -2.03. The summed E-state index contributed by atoms with van der Waals surface area (Å²) in [6, 6.07) is 0. The van der Waals surface area contributed by atoms with E-state index in [2.05, 4.69) is 20.1 Å². The van der Waals surface area contributed by atoms with Crippen molar-refractivity contribution in [1.82, 2.24) is 0 Å². The molecule has 10 heavy (non-hydrogen) atoms. The van der Waals surface area contributed by atoms with E-state index in [1.165, 1.54) is 0 Å². The molecule has 0 heterocycles. The summed E-state index contributed by atoms with van der Waals surface area (Å²) in [6.45, 7) is 10.1. The SMILES string of the molecule is C=C/C=C(/CN)C(=C)CC. The fraction of sp³-hybridized carbons (Fsp3) is 0.333. The molecule has 1 heteroatoms. The van der Waals surface area contributed by atoms with Gasteiger partial charge in [0.2, 0.25) is 0 Å². The van der Waals surface area contributed by atoms with Crippen LogP contribution >= 0.6 is 0 Å². The first-order valence-electron chi connectivity index (χ1n) is 3.46. The Labute approximate surface area is 62.9 Å². The molecule has 0 aliphatic heterocycles. The first-order valence-corrected chi connectivity index (χ1v) is 3.46. The van der Waals surface area contributed by atoms with Crippen LogP contribution in [0, 0.1) is 0 Å². The molecule has 0 amide bonds. The molecule has 56 valence electrons. The molecule has 0 aliphatic rings. The summed E-state index contributed by atoms with van der Waals surface area (Å²) in [5.74, 6) is 0.